The van der Waals surface area contributed by atoms with E-state index in [1.54, 1.807) is 0 Å². The third-order valence-electron chi connectivity index (χ3n) is 3.17. The summed E-state index contributed by atoms with van der Waals surface area (Å²) in [6.07, 6.45) is 1.82. The van der Waals surface area contributed by atoms with E-state index in [1.807, 2.05) is 24.0 Å². The van der Waals surface area contributed by atoms with E-state index in [0.717, 1.165) is 12.2 Å². The average Bonchev–Trinajstić information content (AvgIpc) is 2.82. The van der Waals surface area contributed by atoms with Gasteiger partial charge >= 0.3 is 0 Å². The van der Waals surface area contributed by atoms with Crippen molar-refractivity contribution in [3.8, 4) is 0 Å². The largest absolute Gasteiger partial charge is 0.379 e. The third-order valence-corrected chi connectivity index (χ3v) is 3.17. The van der Waals surface area contributed by atoms with Crippen LogP contribution in [0.4, 0.5) is 5.69 Å². The van der Waals surface area contributed by atoms with Gasteiger partial charge in [0, 0.05) is 24.3 Å². The first-order chi connectivity index (χ1) is 8.84. The molecule has 0 saturated heterocycles. The summed E-state index contributed by atoms with van der Waals surface area (Å²) in [6, 6.07) is 16.7. The van der Waals surface area contributed by atoms with Crippen LogP contribution in [-0.2, 0) is 13.6 Å². The number of fused-ring (bicyclic) bond motifs is 1. The van der Waals surface area contributed by atoms with Gasteiger partial charge in [0.25, 0.3) is 0 Å². The van der Waals surface area contributed by atoms with Crippen molar-refractivity contribution >= 4 is 16.5 Å². The summed E-state index contributed by atoms with van der Waals surface area (Å²) in [5.74, 6) is 0. The molecule has 0 saturated carbocycles. The molecule has 0 radical (unpaired) electrons. The van der Waals surface area contributed by atoms with Gasteiger partial charge in [-0.25, -0.2) is 0 Å². The number of hydrogen-bond donors (Lipinski definition) is 1. The molecule has 0 fully saturated rings. The fourth-order valence-corrected chi connectivity index (χ4v) is 2.14. The molecule has 2 aromatic carbocycles. The fourth-order valence-electron chi connectivity index (χ4n) is 2.14. The van der Waals surface area contributed by atoms with Gasteiger partial charge in [0.1, 0.15) is 0 Å². The van der Waals surface area contributed by atoms with Crippen LogP contribution in [0.1, 0.15) is 5.69 Å². The lowest BCUT2D eigenvalue weighted by Crippen LogP contribution is -2.05. The summed E-state index contributed by atoms with van der Waals surface area (Å²) < 4.78 is 1.89. The van der Waals surface area contributed by atoms with E-state index < -0.39 is 0 Å². The molecule has 0 aliphatic carbocycles. The number of aryl methyl sites for hydroxylation is 1. The van der Waals surface area contributed by atoms with Crippen molar-refractivity contribution < 1.29 is 0 Å². The van der Waals surface area contributed by atoms with Crippen LogP contribution in [-0.4, -0.2) is 9.78 Å². The molecule has 18 heavy (non-hydrogen) atoms. The van der Waals surface area contributed by atoms with E-state index in [1.165, 1.54) is 16.5 Å². The Morgan fingerprint density at radius 3 is 2.72 bits per heavy atom. The van der Waals surface area contributed by atoms with E-state index in [2.05, 4.69) is 52.9 Å². The summed E-state index contributed by atoms with van der Waals surface area (Å²) in [6.45, 7) is 0.782. The molecule has 1 aromatic heterocycles. The molecule has 1 N–H and O–H groups in total. The Kier molecular flexibility index (Phi) is 2.73. The topological polar surface area (TPSA) is 29.9 Å². The van der Waals surface area contributed by atoms with Crippen LogP contribution in [0.3, 0.4) is 0 Å². The maximum atomic E-state index is 4.17. The van der Waals surface area contributed by atoms with Crippen LogP contribution in [0.25, 0.3) is 10.8 Å². The molecule has 0 atom stereocenters. The van der Waals surface area contributed by atoms with Gasteiger partial charge in [-0.3, -0.25) is 4.68 Å². The SMILES string of the molecule is Cn1nccc1CNc1cccc2ccccc12. The number of nitrogens with one attached hydrogen (secondary N) is 1. The van der Waals surface area contributed by atoms with Gasteiger partial charge in [-0.15, -0.1) is 0 Å². The molecule has 3 nitrogen and oxygen atoms in total. The van der Waals surface area contributed by atoms with Gasteiger partial charge < -0.3 is 5.32 Å². The first-order valence-electron chi connectivity index (χ1n) is 6.03. The number of benzene rings is 2. The zero-order valence-electron chi connectivity index (χ0n) is 10.3. The predicted molar refractivity (Wildman–Crippen MR) is 74.5 cm³/mol. The molecule has 3 rings (SSSR count). The first kappa shape index (κ1) is 10.8. The molecule has 0 spiro atoms. The lowest BCUT2D eigenvalue weighted by atomic mass is 10.1. The van der Waals surface area contributed by atoms with Gasteiger partial charge in [0.2, 0.25) is 0 Å². The molecule has 0 amide bonds. The van der Waals surface area contributed by atoms with E-state index in [0.29, 0.717) is 0 Å². The Morgan fingerprint density at radius 1 is 1.06 bits per heavy atom. The number of hydrogen-bond acceptors (Lipinski definition) is 2. The summed E-state index contributed by atoms with van der Waals surface area (Å²) >= 11 is 0. The second kappa shape index (κ2) is 4.53. The van der Waals surface area contributed by atoms with Gasteiger partial charge in [0.15, 0.2) is 0 Å². The van der Waals surface area contributed by atoms with Gasteiger partial charge in [-0.05, 0) is 17.5 Å². The highest BCUT2D eigenvalue weighted by Gasteiger charge is 2.01. The molecular formula is C15H15N3. The summed E-state index contributed by atoms with van der Waals surface area (Å²) in [5, 5.41) is 10.1. The van der Waals surface area contributed by atoms with E-state index >= 15 is 0 Å². The molecule has 0 aliphatic heterocycles. The summed E-state index contributed by atoms with van der Waals surface area (Å²) in [7, 11) is 1.96. The Hall–Kier alpha value is -2.29. The maximum Gasteiger partial charge on any atom is 0.0571 e. The second-order valence-corrected chi connectivity index (χ2v) is 4.33. The predicted octanol–water partition coefficient (Wildman–Crippen LogP) is 3.19. The number of anilines is 1. The van der Waals surface area contributed by atoms with Crippen LogP contribution < -0.4 is 5.32 Å². The quantitative estimate of drug-likeness (QED) is 0.758. The Morgan fingerprint density at radius 2 is 1.89 bits per heavy atom. The van der Waals surface area contributed by atoms with Gasteiger partial charge in [-0.1, -0.05) is 36.4 Å². The molecule has 0 bridgehead atoms. The van der Waals surface area contributed by atoms with Crippen molar-refractivity contribution in [3.63, 3.8) is 0 Å². The molecule has 90 valence electrons. The van der Waals surface area contributed by atoms with Crippen LogP contribution >= 0.6 is 0 Å². The van der Waals surface area contributed by atoms with E-state index in [9.17, 15) is 0 Å². The van der Waals surface area contributed by atoms with Gasteiger partial charge in [0.05, 0.1) is 12.2 Å². The van der Waals surface area contributed by atoms with Crippen LogP contribution in [0.2, 0.25) is 0 Å². The molecule has 3 heteroatoms. The highest BCUT2D eigenvalue weighted by atomic mass is 15.3. The average molecular weight is 237 g/mol. The minimum Gasteiger partial charge on any atom is -0.379 e. The summed E-state index contributed by atoms with van der Waals surface area (Å²) in [5.41, 5.74) is 2.33. The smallest absolute Gasteiger partial charge is 0.0571 e. The van der Waals surface area contributed by atoms with E-state index in [4.69, 9.17) is 0 Å². The standard InChI is InChI=1S/C15H15N3/c1-18-13(9-10-17-18)11-16-15-8-4-6-12-5-2-3-7-14(12)15/h2-10,16H,11H2,1H3. The normalized spacial score (nSPS) is 10.7. The Balaban J connectivity index is 1.89. The Labute approximate surface area is 106 Å². The van der Waals surface area contributed by atoms with Crippen molar-refractivity contribution in [3.05, 3.63) is 60.4 Å². The third kappa shape index (κ3) is 1.95. The highest BCUT2D eigenvalue weighted by Crippen LogP contribution is 2.23. The molecular weight excluding hydrogens is 222 g/mol. The lowest BCUT2D eigenvalue weighted by molar-refractivity contribution is 0.721. The van der Waals surface area contributed by atoms with Crippen LogP contribution in [0.15, 0.2) is 54.7 Å². The Bertz CT molecular complexity index is 665. The molecule has 1 heterocycles. The van der Waals surface area contributed by atoms with Crippen molar-refractivity contribution in [1.82, 2.24) is 9.78 Å². The number of nitrogens with zero attached hydrogens (tertiary/aromatic N) is 2. The van der Waals surface area contributed by atoms with Crippen molar-refractivity contribution in [2.75, 3.05) is 5.32 Å². The molecule has 0 unspecified atom stereocenters. The second-order valence-electron chi connectivity index (χ2n) is 4.33. The zero-order chi connectivity index (χ0) is 12.4. The van der Waals surface area contributed by atoms with Crippen molar-refractivity contribution in [1.29, 1.82) is 0 Å². The number of aromatic nitrogens is 2. The van der Waals surface area contributed by atoms with Crippen LogP contribution in [0.5, 0.6) is 0 Å². The fraction of sp³-hybridized carbons (Fsp3) is 0.133. The minimum atomic E-state index is 0.782. The minimum absolute atomic E-state index is 0.782. The molecule has 0 aliphatic rings. The molecule has 3 aromatic rings. The van der Waals surface area contributed by atoms with E-state index in [-0.39, 0.29) is 0 Å². The number of rotatable bonds is 3. The monoisotopic (exact) mass is 237 g/mol. The van der Waals surface area contributed by atoms with Gasteiger partial charge in [-0.2, -0.15) is 5.10 Å². The highest BCUT2D eigenvalue weighted by molar-refractivity contribution is 5.93. The van der Waals surface area contributed by atoms with Crippen molar-refractivity contribution in [2.24, 2.45) is 7.05 Å². The first-order valence-corrected chi connectivity index (χ1v) is 6.03. The van der Waals surface area contributed by atoms with Crippen LogP contribution in [0, 0.1) is 0 Å². The summed E-state index contributed by atoms with van der Waals surface area (Å²) in [4.78, 5) is 0. The van der Waals surface area contributed by atoms with Crippen molar-refractivity contribution in [2.45, 2.75) is 6.54 Å². The maximum absolute atomic E-state index is 4.17. The lowest BCUT2D eigenvalue weighted by Gasteiger charge is -2.09. The zero-order valence-corrected chi connectivity index (χ0v) is 10.3.